The number of benzene rings is 2. The van der Waals surface area contributed by atoms with Crippen LogP contribution in [0.5, 0.6) is 0 Å². The molecule has 0 radical (unpaired) electrons. The van der Waals surface area contributed by atoms with Crippen molar-refractivity contribution in [3.63, 3.8) is 0 Å². The van der Waals surface area contributed by atoms with Crippen LogP contribution < -0.4 is 5.32 Å². The fraction of sp³-hybridized carbons (Fsp3) is 0.333. The largest absolute Gasteiger partial charge is 0.379 e. The Morgan fingerprint density at radius 2 is 2.06 bits per heavy atom. The maximum atomic E-state index is 14.1. The first-order chi connectivity index (χ1) is 8.81. The molecule has 1 aliphatic rings. The van der Waals surface area contributed by atoms with Crippen LogP contribution in [0.1, 0.15) is 17.2 Å². The molecule has 0 saturated carbocycles. The van der Waals surface area contributed by atoms with E-state index in [-0.39, 0.29) is 11.9 Å². The molecule has 1 aliphatic heterocycles. The van der Waals surface area contributed by atoms with E-state index in [4.69, 9.17) is 4.74 Å². The lowest BCUT2D eigenvalue weighted by Gasteiger charge is -2.18. The Hall–Kier alpha value is -1.45. The monoisotopic (exact) mass is 245 g/mol. The van der Waals surface area contributed by atoms with Crippen molar-refractivity contribution in [2.45, 2.75) is 12.5 Å². The number of ether oxygens (including phenoxy) is 1. The normalized spacial score (nSPS) is 19.6. The van der Waals surface area contributed by atoms with Crippen molar-refractivity contribution in [3.05, 3.63) is 47.3 Å². The summed E-state index contributed by atoms with van der Waals surface area (Å²) in [7, 11) is 1.89. The lowest BCUT2D eigenvalue weighted by Crippen LogP contribution is -2.21. The number of fused-ring (bicyclic) bond motifs is 3. The van der Waals surface area contributed by atoms with Gasteiger partial charge < -0.3 is 10.1 Å². The predicted octanol–water partition coefficient (Wildman–Crippen LogP) is 2.81. The zero-order valence-corrected chi connectivity index (χ0v) is 10.4. The van der Waals surface area contributed by atoms with Crippen LogP contribution >= 0.6 is 0 Å². The second kappa shape index (κ2) is 4.67. The van der Waals surface area contributed by atoms with Gasteiger partial charge in [-0.05, 0) is 36.0 Å². The highest BCUT2D eigenvalue weighted by Gasteiger charge is 2.21. The van der Waals surface area contributed by atoms with Crippen LogP contribution in [0.4, 0.5) is 4.39 Å². The number of hydrogen-bond acceptors (Lipinski definition) is 2. The number of nitrogens with one attached hydrogen (secondary N) is 1. The molecule has 0 fully saturated rings. The van der Waals surface area contributed by atoms with Gasteiger partial charge >= 0.3 is 0 Å². The fourth-order valence-corrected chi connectivity index (χ4v) is 2.71. The second-order valence-corrected chi connectivity index (χ2v) is 4.64. The van der Waals surface area contributed by atoms with Crippen LogP contribution in [-0.4, -0.2) is 20.3 Å². The van der Waals surface area contributed by atoms with Crippen LogP contribution in [0.2, 0.25) is 0 Å². The molecule has 0 spiro atoms. The number of likely N-dealkylation sites (N-methyl/N-ethyl adjacent to an activating group) is 1. The maximum absolute atomic E-state index is 14.1. The molecule has 2 nitrogen and oxygen atoms in total. The Kier molecular flexibility index (Phi) is 3.02. The summed E-state index contributed by atoms with van der Waals surface area (Å²) in [5, 5.41) is 4.91. The third-order valence-corrected chi connectivity index (χ3v) is 3.64. The third kappa shape index (κ3) is 1.80. The highest BCUT2D eigenvalue weighted by molar-refractivity contribution is 5.87. The molecule has 0 aliphatic carbocycles. The van der Waals surface area contributed by atoms with Crippen molar-refractivity contribution in [2.24, 2.45) is 0 Å². The first-order valence-corrected chi connectivity index (χ1v) is 6.26. The van der Waals surface area contributed by atoms with E-state index >= 15 is 0 Å². The van der Waals surface area contributed by atoms with Crippen LogP contribution in [0.3, 0.4) is 0 Å². The third-order valence-electron chi connectivity index (χ3n) is 3.64. The summed E-state index contributed by atoms with van der Waals surface area (Å²) >= 11 is 0. The molecule has 2 aromatic carbocycles. The smallest absolute Gasteiger partial charge is 0.131 e. The predicted molar refractivity (Wildman–Crippen MR) is 70.2 cm³/mol. The van der Waals surface area contributed by atoms with Gasteiger partial charge in [-0.25, -0.2) is 4.39 Å². The van der Waals surface area contributed by atoms with Crippen LogP contribution in [0.15, 0.2) is 30.3 Å². The molecule has 0 saturated heterocycles. The standard InChI is InChI=1S/C15H16FNO/c1-17-15-9-18-7-6-11-10-4-2-3-5-12(10)14(16)8-13(11)15/h2-5,8,15,17H,6-7,9H2,1H3. The van der Waals surface area contributed by atoms with Gasteiger partial charge in [0.2, 0.25) is 0 Å². The summed E-state index contributed by atoms with van der Waals surface area (Å²) < 4.78 is 19.7. The van der Waals surface area contributed by atoms with E-state index in [1.807, 2.05) is 31.3 Å². The van der Waals surface area contributed by atoms with Crippen molar-refractivity contribution in [2.75, 3.05) is 20.3 Å². The van der Waals surface area contributed by atoms with Gasteiger partial charge in [0.05, 0.1) is 19.3 Å². The first-order valence-electron chi connectivity index (χ1n) is 6.26. The van der Waals surface area contributed by atoms with Gasteiger partial charge in [-0.3, -0.25) is 0 Å². The van der Waals surface area contributed by atoms with Crippen molar-refractivity contribution in [1.29, 1.82) is 0 Å². The summed E-state index contributed by atoms with van der Waals surface area (Å²) in [6.45, 7) is 1.29. The molecule has 94 valence electrons. The van der Waals surface area contributed by atoms with E-state index in [2.05, 4.69) is 5.32 Å². The van der Waals surface area contributed by atoms with E-state index in [0.29, 0.717) is 18.6 Å². The number of hydrogen-bond donors (Lipinski definition) is 1. The highest BCUT2D eigenvalue weighted by atomic mass is 19.1. The van der Waals surface area contributed by atoms with E-state index < -0.39 is 0 Å². The van der Waals surface area contributed by atoms with E-state index in [1.165, 1.54) is 5.56 Å². The Bertz CT molecular complexity index is 582. The molecule has 1 heterocycles. The van der Waals surface area contributed by atoms with Crippen molar-refractivity contribution >= 4 is 10.8 Å². The first kappa shape index (κ1) is 11.6. The minimum absolute atomic E-state index is 0.0709. The SMILES string of the molecule is CNC1COCCc2c1cc(F)c1ccccc21. The number of halogens is 1. The quantitative estimate of drug-likeness (QED) is 0.834. The van der Waals surface area contributed by atoms with Gasteiger partial charge in [-0.15, -0.1) is 0 Å². The topological polar surface area (TPSA) is 21.3 Å². The summed E-state index contributed by atoms with van der Waals surface area (Å²) in [4.78, 5) is 0. The molecule has 1 unspecified atom stereocenters. The summed E-state index contributed by atoms with van der Waals surface area (Å²) in [6.07, 6.45) is 0.842. The van der Waals surface area contributed by atoms with Gasteiger partial charge in [0.25, 0.3) is 0 Å². The Morgan fingerprint density at radius 1 is 1.28 bits per heavy atom. The molecular weight excluding hydrogens is 229 g/mol. The van der Waals surface area contributed by atoms with Crippen molar-refractivity contribution < 1.29 is 9.13 Å². The van der Waals surface area contributed by atoms with Crippen LogP contribution in [0, 0.1) is 5.82 Å². The Labute approximate surface area is 106 Å². The Morgan fingerprint density at radius 3 is 2.83 bits per heavy atom. The highest BCUT2D eigenvalue weighted by Crippen LogP contribution is 2.31. The van der Waals surface area contributed by atoms with Gasteiger partial charge in [0.1, 0.15) is 5.82 Å². The second-order valence-electron chi connectivity index (χ2n) is 4.64. The van der Waals surface area contributed by atoms with E-state index in [9.17, 15) is 4.39 Å². The minimum atomic E-state index is -0.147. The lowest BCUT2D eigenvalue weighted by molar-refractivity contribution is 0.124. The molecule has 1 N–H and O–H groups in total. The lowest BCUT2D eigenvalue weighted by atomic mass is 9.93. The average Bonchev–Trinajstić information content (AvgIpc) is 2.61. The molecule has 0 amide bonds. The molecule has 3 rings (SSSR count). The summed E-state index contributed by atoms with van der Waals surface area (Å²) in [6, 6.07) is 9.40. The van der Waals surface area contributed by atoms with Crippen molar-refractivity contribution in [1.82, 2.24) is 5.32 Å². The van der Waals surface area contributed by atoms with Gasteiger partial charge in [-0.2, -0.15) is 0 Å². The number of rotatable bonds is 1. The summed E-state index contributed by atoms with van der Waals surface area (Å²) in [5.74, 6) is -0.147. The molecule has 2 aromatic rings. The van der Waals surface area contributed by atoms with E-state index in [1.54, 1.807) is 6.07 Å². The zero-order valence-electron chi connectivity index (χ0n) is 10.4. The molecule has 18 heavy (non-hydrogen) atoms. The van der Waals surface area contributed by atoms with Crippen LogP contribution in [-0.2, 0) is 11.2 Å². The maximum Gasteiger partial charge on any atom is 0.131 e. The van der Waals surface area contributed by atoms with Gasteiger partial charge in [0.15, 0.2) is 0 Å². The molecular formula is C15H16FNO. The van der Waals surface area contributed by atoms with Gasteiger partial charge in [0, 0.05) is 5.39 Å². The fourth-order valence-electron chi connectivity index (χ4n) is 2.71. The molecule has 0 bridgehead atoms. The van der Waals surface area contributed by atoms with Gasteiger partial charge in [-0.1, -0.05) is 24.3 Å². The summed E-state index contributed by atoms with van der Waals surface area (Å²) in [5.41, 5.74) is 2.25. The minimum Gasteiger partial charge on any atom is -0.379 e. The molecule has 1 atom stereocenters. The molecule has 3 heteroatoms. The Balaban J connectivity index is 2.30. The average molecular weight is 245 g/mol. The molecule has 0 aromatic heterocycles. The van der Waals surface area contributed by atoms with Crippen molar-refractivity contribution in [3.8, 4) is 0 Å². The van der Waals surface area contributed by atoms with Crippen LogP contribution in [0.25, 0.3) is 10.8 Å². The zero-order chi connectivity index (χ0) is 12.5. The van der Waals surface area contributed by atoms with E-state index in [0.717, 1.165) is 17.4 Å².